The quantitative estimate of drug-likeness (QED) is 0.512. The molecule has 7 heteroatoms. The fourth-order valence-corrected chi connectivity index (χ4v) is 3.71. The number of carbonyl (C=O) groups excluding carboxylic acids is 2. The van der Waals surface area contributed by atoms with Gasteiger partial charge in [0.2, 0.25) is 0 Å². The Balaban J connectivity index is 1.23. The van der Waals surface area contributed by atoms with Gasteiger partial charge < -0.3 is 9.64 Å². The van der Waals surface area contributed by atoms with Crippen LogP contribution < -0.4 is 4.74 Å². The predicted molar refractivity (Wildman–Crippen MR) is 120 cm³/mol. The lowest BCUT2D eigenvalue weighted by Gasteiger charge is -2.34. The molecular formula is C26H24F2N2O3. The number of halogens is 2. The molecule has 170 valence electrons. The van der Waals surface area contributed by atoms with E-state index in [0.29, 0.717) is 30.0 Å². The van der Waals surface area contributed by atoms with E-state index in [1.54, 1.807) is 41.3 Å². The molecule has 0 spiro atoms. The van der Waals surface area contributed by atoms with E-state index in [0.717, 1.165) is 25.2 Å². The molecule has 3 aromatic rings. The SMILES string of the molecule is O=C(c1ccc(F)cc1)c1ccc(OCC(=O)N2CCN(Cc3ccc(F)cc3)CC2)cc1. The van der Waals surface area contributed by atoms with Gasteiger partial charge in [0.1, 0.15) is 17.4 Å². The molecule has 1 heterocycles. The standard InChI is InChI=1S/C26H24F2N2O3/c27-22-7-1-19(2-8-22)17-29-13-15-30(16-14-29)25(31)18-33-24-11-5-21(6-12-24)26(32)20-3-9-23(28)10-4-20/h1-12H,13-18H2. The van der Waals surface area contributed by atoms with Crippen LogP contribution in [-0.4, -0.2) is 54.3 Å². The molecule has 1 aliphatic heterocycles. The minimum absolute atomic E-state index is 0.0801. The molecule has 3 aromatic carbocycles. The summed E-state index contributed by atoms with van der Waals surface area (Å²) in [5.41, 5.74) is 1.90. The van der Waals surface area contributed by atoms with E-state index in [1.165, 1.54) is 36.4 Å². The molecule has 1 fully saturated rings. The van der Waals surface area contributed by atoms with E-state index in [4.69, 9.17) is 4.74 Å². The molecular weight excluding hydrogens is 426 g/mol. The van der Waals surface area contributed by atoms with Gasteiger partial charge in [-0.05, 0) is 66.2 Å². The summed E-state index contributed by atoms with van der Waals surface area (Å²) in [6, 6.07) is 18.4. The van der Waals surface area contributed by atoms with E-state index in [2.05, 4.69) is 4.90 Å². The summed E-state index contributed by atoms with van der Waals surface area (Å²) < 4.78 is 31.7. The summed E-state index contributed by atoms with van der Waals surface area (Å²) in [5, 5.41) is 0. The van der Waals surface area contributed by atoms with Crippen molar-refractivity contribution in [2.45, 2.75) is 6.54 Å². The van der Waals surface area contributed by atoms with E-state index >= 15 is 0 Å². The Hall–Kier alpha value is -3.58. The van der Waals surface area contributed by atoms with Crippen LogP contribution in [0.1, 0.15) is 21.5 Å². The van der Waals surface area contributed by atoms with Crippen LogP contribution in [0.25, 0.3) is 0 Å². The van der Waals surface area contributed by atoms with Gasteiger partial charge in [0.25, 0.3) is 5.91 Å². The normalized spacial score (nSPS) is 14.2. The van der Waals surface area contributed by atoms with Crippen molar-refractivity contribution in [3.05, 3.63) is 101 Å². The molecule has 1 saturated heterocycles. The second kappa shape index (κ2) is 10.4. The Morgan fingerprint density at radius 2 is 1.24 bits per heavy atom. The zero-order valence-electron chi connectivity index (χ0n) is 18.0. The summed E-state index contributed by atoms with van der Waals surface area (Å²) in [6.07, 6.45) is 0. The van der Waals surface area contributed by atoms with E-state index in [-0.39, 0.29) is 24.1 Å². The summed E-state index contributed by atoms with van der Waals surface area (Å²) in [5.74, 6) is -0.453. The highest BCUT2D eigenvalue weighted by Gasteiger charge is 2.21. The van der Waals surface area contributed by atoms with Crippen molar-refractivity contribution < 1.29 is 23.1 Å². The van der Waals surface area contributed by atoms with E-state index in [1.807, 2.05) is 0 Å². The van der Waals surface area contributed by atoms with Crippen LogP contribution in [0.15, 0.2) is 72.8 Å². The third kappa shape index (κ3) is 6.02. The summed E-state index contributed by atoms with van der Waals surface area (Å²) in [4.78, 5) is 29.0. The van der Waals surface area contributed by atoms with Gasteiger partial charge in [0.15, 0.2) is 12.4 Å². The lowest BCUT2D eigenvalue weighted by molar-refractivity contribution is -0.135. The first-order valence-corrected chi connectivity index (χ1v) is 10.8. The van der Waals surface area contributed by atoms with Crippen molar-refractivity contribution in [1.82, 2.24) is 9.80 Å². The number of carbonyl (C=O) groups is 2. The average Bonchev–Trinajstić information content (AvgIpc) is 2.85. The number of amides is 1. The maximum atomic E-state index is 13.0. The van der Waals surface area contributed by atoms with Crippen LogP contribution in [0.2, 0.25) is 0 Å². The number of ketones is 1. The third-order valence-corrected chi connectivity index (χ3v) is 5.63. The smallest absolute Gasteiger partial charge is 0.260 e. The van der Waals surface area contributed by atoms with Crippen molar-refractivity contribution in [2.75, 3.05) is 32.8 Å². The predicted octanol–water partition coefficient (Wildman–Crippen LogP) is 3.92. The molecule has 0 unspecified atom stereocenters. The second-order valence-electron chi connectivity index (χ2n) is 7.93. The first-order valence-electron chi connectivity index (χ1n) is 10.8. The first-order chi connectivity index (χ1) is 16.0. The van der Waals surface area contributed by atoms with Crippen LogP contribution in [0.5, 0.6) is 5.75 Å². The topological polar surface area (TPSA) is 49.9 Å². The molecule has 0 saturated carbocycles. The van der Waals surface area contributed by atoms with E-state index in [9.17, 15) is 18.4 Å². The number of benzene rings is 3. The Bertz CT molecular complexity index is 1090. The number of rotatable bonds is 7. The molecule has 0 aliphatic carbocycles. The number of hydrogen-bond donors (Lipinski definition) is 0. The van der Waals surface area contributed by atoms with Gasteiger partial charge >= 0.3 is 0 Å². The Kier molecular flexibility index (Phi) is 7.10. The molecule has 33 heavy (non-hydrogen) atoms. The largest absolute Gasteiger partial charge is 0.484 e. The Labute approximate surface area is 191 Å². The summed E-state index contributed by atoms with van der Waals surface area (Å²) in [6.45, 7) is 3.33. The number of ether oxygens (including phenoxy) is 1. The van der Waals surface area contributed by atoms with Gasteiger partial charge in [-0.1, -0.05) is 12.1 Å². The average molecular weight is 450 g/mol. The van der Waals surface area contributed by atoms with Crippen LogP contribution in [-0.2, 0) is 11.3 Å². The van der Waals surface area contributed by atoms with Crippen molar-refractivity contribution >= 4 is 11.7 Å². The molecule has 1 amide bonds. The number of piperazine rings is 1. The maximum Gasteiger partial charge on any atom is 0.260 e. The zero-order valence-corrected chi connectivity index (χ0v) is 18.0. The Morgan fingerprint density at radius 1 is 0.727 bits per heavy atom. The highest BCUT2D eigenvalue weighted by atomic mass is 19.1. The molecule has 1 aliphatic rings. The van der Waals surface area contributed by atoms with Crippen molar-refractivity contribution in [1.29, 1.82) is 0 Å². The third-order valence-electron chi connectivity index (χ3n) is 5.63. The van der Waals surface area contributed by atoms with Gasteiger partial charge in [0.05, 0.1) is 0 Å². The van der Waals surface area contributed by atoms with Gasteiger partial charge in [-0.25, -0.2) is 8.78 Å². The van der Waals surface area contributed by atoms with Crippen LogP contribution >= 0.6 is 0 Å². The lowest BCUT2D eigenvalue weighted by Crippen LogP contribution is -2.49. The first kappa shape index (κ1) is 22.6. The summed E-state index contributed by atoms with van der Waals surface area (Å²) in [7, 11) is 0. The fourth-order valence-electron chi connectivity index (χ4n) is 3.71. The molecule has 0 radical (unpaired) electrons. The highest BCUT2D eigenvalue weighted by Crippen LogP contribution is 2.16. The Morgan fingerprint density at radius 3 is 1.82 bits per heavy atom. The van der Waals surface area contributed by atoms with Crippen molar-refractivity contribution in [3.8, 4) is 5.75 Å². The molecule has 5 nitrogen and oxygen atoms in total. The van der Waals surface area contributed by atoms with Crippen molar-refractivity contribution in [3.63, 3.8) is 0 Å². The van der Waals surface area contributed by atoms with Gasteiger partial charge in [0, 0.05) is 43.9 Å². The number of hydrogen-bond acceptors (Lipinski definition) is 4. The van der Waals surface area contributed by atoms with Gasteiger partial charge in [-0.2, -0.15) is 0 Å². The highest BCUT2D eigenvalue weighted by molar-refractivity contribution is 6.09. The van der Waals surface area contributed by atoms with Crippen molar-refractivity contribution in [2.24, 2.45) is 0 Å². The fraction of sp³-hybridized carbons (Fsp3) is 0.231. The molecule has 0 atom stereocenters. The minimum Gasteiger partial charge on any atom is -0.484 e. The molecule has 0 aromatic heterocycles. The number of nitrogens with zero attached hydrogens (tertiary/aromatic N) is 2. The van der Waals surface area contributed by atoms with Gasteiger partial charge in [-0.3, -0.25) is 14.5 Å². The molecule has 4 rings (SSSR count). The summed E-state index contributed by atoms with van der Waals surface area (Å²) >= 11 is 0. The van der Waals surface area contributed by atoms with Crippen LogP contribution in [0.4, 0.5) is 8.78 Å². The second-order valence-corrected chi connectivity index (χ2v) is 7.93. The lowest BCUT2D eigenvalue weighted by atomic mass is 10.0. The maximum absolute atomic E-state index is 13.0. The molecule has 0 N–H and O–H groups in total. The van der Waals surface area contributed by atoms with Crippen LogP contribution in [0, 0.1) is 11.6 Å². The van der Waals surface area contributed by atoms with Crippen LogP contribution in [0.3, 0.4) is 0 Å². The van der Waals surface area contributed by atoms with Gasteiger partial charge in [-0.15, -0.1) is 0 Å². The monoisotopic (exact) mass is 450 g/mol. The van der Waals surface area contributed by atoms with E-state index < -0.39 is 5.82 Å². The molecule has 0 bridgehead atoms. The minimum atomic E-state index is -0.394. The zero-order chi connectivity index (χ0) is 23.2.